The van der Waals surface area contributed by atoms with Gasteiger partial charge in [-0.05, 0) is 166 Å². The van der Waals surface area contributed by atoms with E-state index in [1.165, 1.54) is 77.8 Å². The lowest BCUT2D eigenvalue weighted by molar-refractivity contribution is 0.946. The second kappa shape index (κ2) is 17.7. The number of rotatable bonds is 7. The Balaban J connectivity index is 0.000000572. The van der Waals surface area contributed by atoms with Crippen LogP contribution in [-0.4, -0.2) is 9.55 Å². The van der Waals surface area contributed by atoms with E-state index in [2.05, 4.69) is 141 Å². The quantitative estimate of drug-likeness (QED) is 0.142. The third-order valence-electron chi connectivity index (χ3n) is 10.7. The van der Waals surface area contributed by atoms with Crippen molar-refractivity contribution in [1.82, 2.24) is 9.55 Å². The summed E-state index contributed by atoms with van der Waals surface area (Å²) in [6, 6.07) is 31.8. The van der Waals surface area contributed by atoms with Crippen LogP contribution in [0.25, 0.3) is 77.3 Å². The highest BCUT2D eigenvalue weighted by Crippen LogP contribution is 2.43. The van der Waals surface area contributed by atoms with Crippen molar-refractivity contribution in [2.75, 3.05) is 0 Å². The summed E-state index contributed by atoms with van der Waals surface area (Å²) in [5, 5.41) is 4.95. The Morgan fingerprint density at radius 3 is 2.05 bits per heavy atom. The molecule has 294 valence electrons. The predicted molar refractivity (Wildman–Crippen MR) is 257 cm³/mol. The summed E-state index contributed by atoms with van der Waals surface area (Å²) in [4.78, 5) is 3.74. The van der Waals surface area contributed by atoms with Gasteiger partial charge in [0.2, 0.25) is 0 Å². The topological polar surface area (TPSA) is 72.8 Å². The fraction of sp³-hybridized carbons (Fsp3) is 0.185. The number of allylic oxidation sites excluding steroid dienone is 10. The van der Waals surface area contributed by atoms with Crippen LogP contribution in [0.15, 0.2) is 157 Å². The molecule has 2 aromatic heterocycles. The molecule has 0 unspecified atom stereocenters. The van der Waals surface area contributed by atoms with E-state index in [1.54, 1.807) is 0 Å². The van der Waals surface area contributed by atoms with E-state index in [0.29, 0.717) is 5.82 Å². The summed E-state index contributed by atoms with van der Waals surface area (Å²) in [6.45, 7) is 24.5. The van der Waals surface area contributed by atoms with Gasteiger partial charge in [-0.25, -0.2) is 0 Å². The van der Waals surface area contributed by atoms with Crippen LogP contribution in [0, 0.1) is 6.92 Å². The van der Waals surface area contributed by atoms with Crippen LogP contribution in [0.3, 0.4) is 0 Å². The number of nitrogens with one attached hydrogen (secondary N) is 1. The minimum atomic E-state index is 0.665. The molecule has 58 heavy (non-hydrogen) atoms. The molecule has 1 aliphatic rings. The molecule has 0 aliphatic heterocycles. The second-order valence-electron chi connectivity index (χ2n) is 15.3. The largest absolute Gasteiger partial charge is 0.405 e. The van der Waals surface area contributed by atoms with Crippen LogP contribution in [-0.2, 0) is 12.8 Å². The van der Waals surface area contributed by atoms with E-state index >= 15 is 0 Å². The molecule has 1 aliphatic carbocycles. The third-order valence-corrected chi connectivity index (χ3v) is 10.7. The highest BCUT2D eigenvalue weighted by molar-refractivity contribution is 6.14. The molecule has 2 heterocycles. The molecule has 0 spiro atoms. The highest BCUT2D eigenvalue weighted by Gasteiger charge is 2.23. The molecule has 7 aromatic rings. The van der Waals surface area contributed by atoms with Gasteiger partial charge < -0.3 is 16.5 Å². The summed E-state index contributed by atoms with van der Waals surface area (Å²) < 4.78 is 2.20. The summed E-state index contributed by atoms with van der Waals surface area (Å²) in [5.41, 5.74) is 31.2. The summed E-state index contributed by atoms with van der Waals surface area (Å²) in [7, 11) is 0. The SMILES string of the molecule is C/C=C(C)\C=C/N.C=C/C=C(\C=C(C)C)c1ccc2c(c1)c1cc3c(cc1n2/C(N)=C/C(=C)C)-c1cc2[nH]c4ccc(-c5cccc(C)c5)cc4c2cc1CC3.CC. The molecule has 0 radical (unpaired) electrons. The first-order chi connectivity index (χ1) is 28.0. The Bertz CT molecular complexity index is 2850. The maximum Gasteiger partial charge on any atom is 0.108 e. The van der Waals surface area contributed by atoms with Crippen molar-refractivity contribution in [3.05, 3.63) is 180 Å². The van der Waals surface area contributed by atoms with E-state index < -0.39 is 0 Å². The van der Waals surface area contributed by atoms with Gasteiger partial charge in [0.1, 0.15) is 5.82 Å². The van der Waals surface area contributed by atoms with Crippen molar-refractivity contribution < 1.29 is 0 Å². The zero-order valence-electron chi connectivity index (χ0n) is 35.6. The minimum Gasteiger partial charge on any atom is -0.405 e. The van der Waals surface area contributed by atoms with E-state index in [9.17, 15) is 0 Å². The number of H-pyrrole nitrogens is 1. The second-order valence-corrected chi connectivity index (χ2v) is 15.3. The van der Waals surface area contributed by atoms with Crippen molar-refractivity contribution in [2.24, 2.45) is 11.5 Å². The van der Waals surface area contributed by atoms with Crippen LogP contribution in [0.1, 0.15) is 70.7 Å². The van der Waals surface area contributed by atoms with Gasteiger partial charge in [0, 0.05) is 32.6 Å². The average Bonchev–Trinajstić information content (AvgIpc) is 3.73. The summed E-state index contributed by atoms with van der Waals surface area (Å²) in [5.74, 6) is 0.665. The van der Waals surface area contributed by atoms with Gasteiger partial charge in [-0.3, -0.25) is 4.57 Å². The number of aromatic nitrogens is 2. The van der Waals surface area contributed by atoms with E-state index in [0.717, 1.165) is 51.6 Å². The standard InChI is InChI=1S/C46H41N3.C6H11N.C2H6/c1-7-9-30(18-27(2)3)33-15-17-44-40(22-33)41-24-35-13-12-34-23-39-38-21-32(31-11-8-10-29(6)20-31)14-16-42(38)48-43(39)25-36(34)37(35)26-45(41)49(44)46(47)19-28(4)5;1-3-6(2)4-5-7;1-2/h7-11,14-26,48H,1,4,12-13,47H2,2-3,5-6H3;3-5H,7H2,1-2H3;1-2H3/b30-9+,46-19+;5-4-,6-3-;. The molecule has 0 bridgehead atoms. The van der Waals surface area contributed by atoms with Gasteiger partial charge >= 0.3 is 0 Å². The zero-order valence-corrected chi connectivity index (χ0v) is 35.6. The number of hydrogen-bond donors (Lipinski definition) is 3. The lowest BCUT2D eigenvalue weighted by Gasteiger charge is -2.21. The Hall–Kier alpha value is -6.52. The van der Waals surface area contributed by atoms with Crippen LogP contribution in [0.4, 0.5) is 0 Å². The van der Waals surface area contributed by atoms with Gasteiger partial charge in [0.05, 0.1) is 11.0 Å². The monoisotopic (exact) mass is 762 g/mol. The first kappa shape index (κ1) is 41.1. The molecule has 0 atom stereocenters. The van der Waals surface area contributed by atoms with Crippen molar-refractivity contribution in [2.45, 2.75) is 68.2 Å². The normalized spacial score (nSPS) is 12.9. The van der Waals surface area contributed by atoms with Crippen molar-refractivity contribution in [3.8, 4) is 22.3 Å². The Labute approximate surface area is 345 Å². The summed E-state index contributed by atoms with van der Waals surface area (Å²) in [6.07, 6.45) is 15.5. The first-order valence-electron chi connectivity index (χ1n) is 20.4. The van der Waals surface area contributed by atoms with Crippen LogP contribution >= 0.6 is 0 Å². The molecule has 0 fully saturated rings. The van der Waals surface area contributed by atoms with E-state index in [1.807, 2.05) is 58.9 Å². The minimum absolute atomic E-state index is 0.665. The molecule has 5 N–H and O–H groups in total. The number of nitrogens with zero attached hydrogens (tertiary/aromatic N) is 1. The number of fused-ring (bicyclic) bond motifs is 9. The fourth-order valence-electron chi connectivity index (χ4n) is 7.98. The number of nitrogens with two attached hydrogens (primary N) is 2. The fourth-order valence-corrected chi connectivity index (χ4v) is 7.98. The van der Waals surface area contributed by atoms with Gasteiger partial charge in [-0.1, -0.05) is 110 Å². The number of aromatic amines is 1. The van der Waals surface area contributed by atoms with Gasteiger partial charge in [0.15, 0.2) is 0 Å². The summed E-state index contributed by atoms with van der Waals surface area (Å²) >= 11 is 0. The Morgan fingerprint density at radius 2 is 1.41 bits per heavy atom. The van der Waals surface area contributed by atoms with E-state index in [4.69, 9.17) is 11.5 Å². The van der Waals surface area contributed by atoms with Crippen LogP contribution < -0.4 is 11.5 Å². The van der Waals surface area contributed by atoms with Crippen LogP contribution in [0.5, 0.6) is 0 Å². The molecule has 0 amide bonds. The van der Waals surface area contributed by atoms with Crippen molar-refractivity contribution in [1.29, 1.82) is 0 Å². The molecule has 4 heteroatoms. The lowest BCUT2D eigenvalue weighted by atomic mass is 9.84. The molecule has 0 saturated heterocycles. The Kier molecular flexibility index (Phi) is 12.6. The Morgan fingerprint density at radius 1 is 0.741 bits per heavy atom. The number of aryl methyl sites for hydroxylation is 3. The zero-order chi connectivity index (χ0) is 41.7. The molecule has 8 rings (SSSR count). The predicted octanol–water partition coefficient (Wildman–Crippen LogP) is 14.5. The molecular weight excluding hydrogens is 705 g/mol. The number of benzene rings is 5. The molecule has 4 nitrogen and oxygen atoms in total. The lowest BCUT2D eigenvalue weighted by Crippen LogP contribution is -2.07. The number of hydrogen-bond acceptors (Lipinski definition) is 2. The average molecular weight is 763 g/mol. The van der Waals surface area contributed by atoms with Gasteiger partial charge in [-0.15, -0.1) is 0 Å². The maximum absolute atomic E-state index is 6.86. The highest BCUT2D eigenvalue weighted by atomic mass is 15.1. The van der Waals surface area contributed by atoms with Crippen molar-refractivity contribution >= 4 is 55.0 Å². The van der Waals surface area contributed by atoms with Crippen molar-refractivity contribution in [3.63, 3.8) is 0 Å². The van der Waals surface area contributed by atoms with Gasteiger partial charge in [0.25, 0.3) is 0 Å². The maximum atomic E-state index is 6.86. The first-order valence-corrected chi connectivity index (χ1v) is 20.4. The third kappa shape index (κ3) is 8.28. The van der Waals surface area contributed by atoms with Crippen LogP contribution in [0.2, 0.25) is 0 Å². The molecular formula is C54H58N4. The molecule has 5 aromatic carbocycles. The molecule has 0 saturated carbocycles. The van der Waals surface area contributed by atoms with E-state index in [-0.39, 0.29) is 0 Å². The smallest absolute Gasteiger partial charge is 0.108 e. The van der Waals surface area contributed by atoms with Gasteiger partial charge in [-0.2, -0.15) is 0 Å².